The maximum Gasteiger partial charge on any atom is 0.408 e. The van der Waals surface area contributed by atoms with Gasteiger partial charge in [0.25, 0.3) is 0 Å². The summed E-state index contributed by atoms with van der Waals surface area (Å²) in [6.45, 7) is 4.23. The van der Waals surface area contributed by atoms with Gasteiger partial charge in [-0.2, -0.15) is 0 Å². The number of nitrogens with one attached hydrogen (secondary N) is 1. The number of carboxylic acid groups (broad SMARTS) is 1. The van der Waals surface area contributed by atoms with Crippen molar-refractivity contribution in [2.45, 2.75) is 32.9 Å². The van der Waals surface area contributed by atoms with Gasteiger partial charge in [-0.1, -0.05) is 44.2 Å². The van der Waals surface area contributed by atoms with Crippen molar-refractivity contribution in [1.82, 2.24) is 10.3 Å². The van der Waals surface area contributed by atoms with Crippen LogP contribution < -0.4 is 5.32 Å². The minimum Gasteiger partial charge on any atom is -0.476 e. The summed E-state index contributed by atoms with van der Waals surface area (Å²) < 4.78 is 5.23. The molecule has 0 aliphatic rings. The van der Waals surface area contributed by atoms with Gasteiger partial charge >= 0.3 is 12.1 Å². The molecule has 0 aliphatic heterocycles. The number of amides is 1. The lowest BCUT2D eigenvalue weighted by Crippen LogP contribution is -2.30. The van der Waals surface area contributed by atoms with Crippen molar-refractivity contribution in [3.05, 3.63) is 52.0 Å². The molecule has 1 atom stereocenters. The third-order valence-corrected chi connectivity index (χ3v) is 4.21. The van der Waals surface area contributed by atoms with E-state index in [4.69, 9.17) is 9.84 Å². The number of alkyl carbamates (subject to hydrolysis) is 1. The zero-order valence-electron chi connectivity index (χ0n) is 13.6. The Morgan fingerprint density at radius 1 is 1.29 bits per heavy atom. The van der Waals surface area contributed by atoms with Crippen molar-refractivity contribution in [2.75, 3.05) is 0 Å². The third kappa shape index (κ3) is 5.34. The highest BCUT2D eigenvalue weighted by atomic mass is 32.1. The number of hydrogen-bond donors (Lipinski definition) is 2. The molecule has 128 valence electrons. The summed E-state index contributed by atoms with van der Waals surface area (Å²) in [6, 6.07) is 9.02. The fourth-order valence-corrected chi connectivity index (χ4v) is 3.00. The highest BCUT2D eigenvalue weighted by Crippen LogP contribution is 2.25. The van der Waals surface area contributed by atoms with E-state index in [9.17, 15) is 9.59 Å². The molecule has 2 N–H and O–H groups in total. The van der Waals surface area contributed by atoms with Crippen molar-refractivity contribution < 1.29 is 19.4 Å². The maximum absolute atomic E-state index is 12.0. The molecule has 2 aromatic rings. The van der Waals surface area contributed by atoms with Gasteiger partial charge in [-0.3, -0.25) is 0 Å². The first-order chi connectivity index (χ1) is 11.5. The zero-order chi connectivity index (χ0) is 17.5. The van der Waals surface area contributed by atoms with Crippen LogP contribution in [0.3, 0.4) is 0 Å². The van der Waals surface area contributed by atoms with E-state index in [2.05, 4.69) is 10.3 Å². The normalized spacial score (nSPS) is 12.0. The Kier molecular flexibility index (Phi) is 6.31. The second kappa shape index (κ2) is 8.44. The van der Waals surface area contributed by atoms with Gasteiger partial charge < -0.3 is 15.2 Å². The molecule has 0 saturated carbocycles. The Morgan fingerprint density at radius 3 is 2.58 bits per heavy atom. The number of carbonyl (C=O) groups is 2. The summed E-state index contributed by atoms with van der Waals surface area (Å²) in [5, 5.41) is 13.8. The van der Waals surface area contributed by atoms with Crippen LogP contribution in [0.5, 0.6) is 0 Å². The fourth-order valence-electron chi connectivity index (χ4n) is 2.15. The lowest BCUT2D eigenvalue weighted by Gasteiger charge is -2.18. The highest BCUT2D eigenvalue weighted by Gasteiger charge is 2.21. The fraction of sp³-hybridized carbons (Fsp3) is 0.353. The van der Waals surface area contributed by atoms with E-state index in [1.807, 2.05) is 44.2 Å². The average Bonchev–Trinajstić information content (AvgIpc) is 3.03. The number of aromatic carboxylic acids is 1. The monoisotopic (exact) mass is 348 g/mol. The Bertz CT molecular complexity index is 685. The Labute approximate surface area is 144 Å². The van der Waals surface area contributed by atoms with E-state index >= 15 is 0 Å². The van der Waals surface area contributed by atoms with Crippen LogP contribution in [0.4, 0.5) is 4.79 Å². The molecule has 0 radical (unpaired) electrons. The molecule has 24 heavy (non-hydrogen) atoms. The first-order valence-corrected chi connectivity index (χ1v) is 8.49. The summed E-state index contributed by atoms with van der Waals surface area (Å²) in [6.07, 6.45) is 0.101. The van der Waals surface area contributed by atoms with E-state index in [0.717, 1.165) is 5.56 Å². The second-order valence-electron chi connectivity index (χ2n) is 5.76. The van der Waals surface area contributed by atoms with Gasteiger partial charge in [-0.15, -0.1) is 11.3 Å². The van der Waals surface area contributed by atoms with Crippen LogP contribution in [-0.2, 0) is 11.3 Å². The van der Waals surface area contributed by atoms with E-state index < -0.39 is 12.1 Å². The third-order valence-electron chi connectivity index (χ3n) is 3.25. The minimum atomic E-state index is -1.08. The molecule has 2 rings (SSSR count). The topological polar surface area (TPSA) is 88.5 Å². The van der Waals surface area contributed by atoms with Crippen molar-refractivity contribution in [3.63, 3.8) is 0 Å². The number of nitrogens with zero attached hydrogens (tertiary/aromatic N) is 1. The van der Waals surface area contributed by atoms with E-state index in [-0.39, 0.29) is 18.3 Å². The molecule has 1 heterocycles. The number of thiazole rings is 1. The molecule has 0 spiro atoms. The molecule has 1 amide bonds. The zero-order valence-corrected chi connectivity index (χ0v) is 14.4. The van der Waals surface area contributed by atoms with Crippen molar-refractivity contribution >= 4 is 23.4 Å². The molecule has 0 unspecified atom stereocenters. The van der Waals surface area contributed by atoms with Crippen LogP contribution in [0.25, 0.3) is 0 Å². The standard InChI is InChI=1S/C17H20N2O4S/c1-11(2)8-13(15-18-14(10-24-15)16(20)21)19-17(22)23-9-12-6-4-3-5-7-12/h3-7,10-11,13H,8-9H2,1-2H3,(H,19,22)(H,20,21)/t13-/m0/s1. The summed E-state index contributed by atoms with van der Waals surface area (Å²) >= 11 is 1.22. The van der Waals surface area contributed by atoms with Crippen molar-refractivity contribution in [2.24, 2.45) is 5.92 Å². The van der Waals surface area contributed by atoms with Crippen LogP contribution in [0.15, 0.2) is 35.7 Å². The van der Waals surface area contributed by atoms with Gasteiger partial charge in [0.05, 0.1) is 6.04 Å². The quantitative estimate of drug-likeness (QED) is 0.793. The Hall–Kier alpha value is -2.41. The number of hydrogen-bond acceptors (Lipinski definition) is 5. The maximum atomic E-state index is 12.0. The molecule has 6 nitrogen and oxygen atoms in total. The van der Waals surface area contributed by atoms with Gasteiger partial charge in [0.15, 0.2) is 5.69 Å². The van der Waals surface area contributed by atoms with Crippen LogP contribution in [0.2, 0.25) is 0 Å². The van der Waals surface area contributed by atoms with Crippen molar-refractivity contribution in [1.29, 1.82) is 0 Å². The molecule has 7 heteroatoms. The lowest BCUT2D eigenvalue weighted by atomic mass is 10.0. The predicted octanol–water partition coefficient (Wildman–Crippen LogP) is 3.85. The number of carbonyl (C=O) groups excluding carboxylic acids is 1. The number of ether oxygens (including phenoxy) is 1. The number of carboxylic acids is 1. The number of benzene rings is 1. The van der Waals surface area contributed by atoms with Crippen LogP contribution in [0.1, 0.15) is 47.4 Å². The SMILES string of the molecule is CC(C)C[C@H](NC(=O)OCc1ccccc1)c1nc(C(=O)O)cs1. The van der Waals surface area contributed by atoms with Gasteiger partial charge in [-0.25, -0.2) is 14.6 Å². The lowest BCUT2D eigenvalue weighted by molar-refractivity contribution is 0.0691. The molecule has 0 aliphatic carbocycles. The minimum absolute atomic E-state index is 0.0109. The largest absolute Gasteiger partial charge is 0.476 e. The molecular formula is C17H20N2O4S. The summed E-state index contributed by atoms with van der Waals surface area (Å²) in [7, 11) is 0. The van der Waals surface area contributed by atoms with E-state index in [1.54, 1.807) is 0 Å². The van der Waals surface area contributed by atoms with Crippen LogP contribution in [-0.4, -0.2) is 22.2 Å². The molecule has 0 fully saturated rings. The van der Waals surface area contributed by atoms with Crippen molar-refractivity contribution in [3.8, 4) is 0 Å². The second-order valence-corrected chi connectivity index (χ2v) is 6.65. The molecule has 1 aromatic carbocycles. The van der Waals surface area contributed by atoms with Crippen LogP contribution >= 0.6 is 11.3 Å². The summed E-state index contributed by atoms with van der Waals surface area (Å²) in [5.74, 6) is -0.769. The first kappa shape index (κ1) is 17.9. The van der Waals surface area contributed by atoms with E-state index in [1.165, 1.54) is 16.7 Å². The van der Waals surface area contributed by atoms with Gasteiger partial charge in [0.2, 0.25) is 0 Å². The first-order valence-electron chi connectivity index (χ1n) is 7.61. The summed E-state index contributed by atoms with van der Waals surface area (Å²) in [5.41, 5.74) is 0.888. The van der Waals surface area contributed by atoms with E-state index in [0.29, 0.717) is 17.3 Å². The van der Waals surface area contributed by atoms with Gasteiger partial charge in [0.1, 0.15) is 11.6 Å². The Morgan fingerprint density at radius 2 is 2.00 bits per heavy atom. The number of rotatable bonds is 7. The van der Waals surface area contributed by atoms with Crippen LogP contribution in [0, 0.1) is 5.92 Å². The molecule has 0 saturated heterocycles. The molecule has 0 bridgehead atoms. The van der Waals surface area contributed by atoms with Gasteiger partial charge in [0, 0.05) is 5.38 Å². The van der Waals surface area contributed by atoms with Gasteiger partial charge in [-0.05, 0) is 17.9 Å². The summed E-state index contributed by atoms with van der Waals surface area (Å²) in [4.78, 5) is 27.1. The molecular weight excluding hydrogens is 328 g/mol. The highest BCUT2D eigenvalue weighted by molar-refractivity contribution is 7.09. The average molecular weight is 348 g/mol. The predicted molar refractivity (Wildman–Crippen MR) is 91.0 cm³/mol. The molecule has 1 aromatic heterocycles. The number of aromatic nitrogens is 1. The Balaban J connectivity index is 1.99. The smallest absolute Gasteiger partial charge is 0.408 e.